The summed E-state index contributed by atoms with van der Waals surface area (Å²) in [6.45, 7) is 0.176. The number of ether oxygens (including phenoxy) is 2. The largest absolute Gasteiger partial charge is 0.497 e. The van der Waals surface area contributed by atoms with Crippen molar-refractivity contribution >= 4 is 5.97 Å². The molecule has 0 fully saturated rings. The lowest BCUT2D eigenvalue weighted by atomic mass is 10.3. The van der Waals surface area contributed by atoms with Gasteiger partial charge >= 0.3 is 5.97 Å². The Morgan fingerprint density at radius 3 is 2.53 bits per heavy atom. The Labute approximate surface area is 109 Å². The summed E-state index contributed by atoms with van der Waals surface area (Å²) in [6.07, 6.45) is 1.20. The molecule has 0 saturated carbocycles. The highest BCUT2D eigenvalue weighted by atomic mass is 16.5. The van der Waals surface area contributed by atoms with E-state index in [0.29, 0.717) is 11.4 Å². The van der Waals surface area contributed by atoms with Crippen LogP contribution in [0, 0.1) is 0 Å². The molecule has 0 aliphatic rings. The lowest BCUT2D eigenvalue weighted by Crippen LogP contribution is -2.05. The molecule has 0 radical (unpaired) electrons. The number of hydrogen-bond donors (Lipinski definition) is 1. The summed E-state index contributed by atoms with van der Waals surface area (Å²) in [5.41, 5.74) is 0.451. The molecule has 6 heteroatoms. The van der Waals surface area contributed by atoms with E-state index in [0.717, 1.165) is 5.75 Å². The summed E-state index contributed by atoms with van der Waals surface area (Å²) in [5.74, 6) is 0.298. The Hall–Kier alpha value is -2.63. The van der Waals surface area contributed by atoms with Crippen molar-refractivity contribution in [3.63, 3.8) is 0 Å². The number of aromatic nitrogens is 2. The van der Waals surface area contributed by atoms with Gasteiger partial charge in [0.05, 0.1) is 12.8 Å². The van der Waals surface area contributed by atoms with Crippen LogP contribution in [0.15, 0.2) is 36.7 Å². The fourth-order valence-corrected chi connectivity index (χ4v) is 1.42. The third kappa shape index (κ3) is 3.41. The van der Waals surface area contributed by atoms with E-state index >= 15 is 0 Å². The van der Waals surface area contributed by atoms with Crippen molar-refractivity contribution in [2.75, 3.05) is 7.11 Å². The molecule has 0 aliphatic heterocycles. The smallest absolute Gasteiger partial charge is 0.354 e. The number of methoxy groups -OCH3 is 1. The standard InChI is InChI=1S/C13H12N2O4/c1-18-10-2-4-11(5-3-10)19-7-9-6-12(13(16)17)15-8-14-9/h2-6,8H,7H2,1H3,(H,16,17). The first-order valence-electron chi connectivity index (χ1n) is 5.50. The fourth-order valence-electron chi connectivity index (χ4n) is 1.42. The molecule has 2 rings (SSSR count). The minimum Gasteiger partial charge on any atom is -0.497 e. The van der Waals surface area contributed by atoms with E-state index in [-0.39, 0.29) is 12.3 Å². The zero-order valence-corrected chi connectivity index (χ0v) is 10.2. The molecule has 1 heterocycles. The summed E-state index contributed by atoms with van der Waals surface area (Å²) in [4.78, 5) is 18.3. The second kappa shape index (κ2) is 5.81. The summed E-state index contributed by atoms with van der Waals surface area (Å²) in [7, 11) is 1.59. The van der Waals surface area contributed by atoms with Gasteiger partial charge in [-0.15, -0.1) is 0 Å². The molecular weight excluding hydrogens is 248 g/mol. The molecule has 0 unspecified atom stereocenters. The number of nitrogens with zero attached hydrogens (tertiary/aromatic N) is 2. The number of carboxylic acids is 1. The van der Waals surface area contributed by atoms with Gasteiger partial charge in [0.2, 0.25) is 0 Å². The minimum absolute atomic E-state index is 0.0525. The van der Waals surface area contributed by atoms with Gasteiger partial charge in [0, 0.05) is 0 Å². The zero-order valence-electron chi connectivity index (χ0n) is 10.2. The lowest BCUT2D eigenvalue weighted by molar-refractivity contribution is 0.0690. The first-order valence-corrected chi connectivity index (χ1v) is 5.50. The molecule has 0 atom stereocenters. The van der Waals surface area contributed by atoms with Crippen LogP contribution in [0.5, 0.6) is 11.5 Å². The highest BCUT2D eigenvalue weighted by Gasteiger charge is 2.06. The first kappa shape index (κ1) is 12.8. The van der Waals surface area contributed by atoms with Gasteiger partial charge in [-0.05, 0) is 30.3 Å². The zero-order chi connectivity index (χ0) is 13.7. The molecule has 2 aromatic rings. The Balaban J connectivity index is 2.01. The highest BCUT2D eigenvalue weighted by Crippen LogP contribution is 2.17. The monoisotopic (exact) mass is 260 g/mol. The number of aromatic carboxylic acids is 1. The van der Waals surface area contributed by atoms with Crippen LogP contribution in [-0.2, 0) is 6.61 Å². The van der Waals surface area contributed by atoms with Gasteiger partial charge in [0.25, 0.3) is 0 Å². The average molecular weight is 260 g/mol. The van der Waals surface area contributed by atoms with E-state index in [1.807, 2.05) is 0 Å². The van der Waals surface area contributed by atoms with Crippen LogP contribution in [0.2, 0.25) is 0 Å². The molecule has 1 aromatic carbocycles. The molecule has 98 valence electrons. The van der Waals surface area contributed by atoms with Crippen LogP contribution in [0.25, 0.3) is 0 Å². The van der Waals surface area contributed by atoms with Crippen LogP contribution in [0.4, 0.5) is 0 Å². The van der Waals surface area contributed by atoms with Crippen LogP contribution >= 0.6 is 0 Å². The Kier molecular flexibility index (Phi) is 3.92. The summed E-state index contributed by atoms with van der Waals surface area (Å²) in [6, 6.07) is 8.46. The third-order valence-corrected chi connectivity index (χ3v) is 2.39. The summed E-state index contributed by atoms with van der Waals surface area (Å²) >= 11 is 0. The minimum atomic E-state index is -1.09. The van der Waals surface area contributed by atoms with Crippen molar-refractivity contribution in [3.05, 3.63) is 48.0 Å². The second-order valence-corrected chi connectivity index (χ2v) is 3.66. The van der Waals surface area contributed by atoms with Gasteiger partial charge in [0.15, 0.2) is 5.69 Å². The van der Waals surface area contributed by atoms with E-state index in [1.165, 1.54) is 12.4 Å². The molecule has 0 spiro atoms. The quantitative estimate of drug-likeness (QED) is 0.882. The van der Waals surface area contributed by atoms with Crippen LogP contribution in [0.3, 0.4) is 0 Å². The number of benzene rings is 1. The summed E-state index contributed by atoms with van der Waals surface area (Å²) in [5, 5.41) is 8.81. The number of carbonyl (C=O) groups is 1. The van der Waals surface area contributed by atoms with Crippen molar-refractivity contribution in [2.24, 2.45) is 0 Å². The number of hydrogen-bond acceptors (Lipinski definition) is 5. The Morgan fingerprint density at radius 1 is 1.21 bits per heavy atom. The number of carboxylic acid groups (broad SMARTS) is 1. The Morgan fingerprint density at radius 2 is 1.89 bits per heavy atom. The molecule has 0 aliphatic carbocycles. The van der Waals surface area contributed by atoms with Crippen LogP contribution in [0.1, 0.15) is 16.2 Å². The topological polar surface area (TPSA) is 81.5 Å². The van der Waals surface area contributed by atoms with Gasteiger partial charge in [-0.2, -0.15) is 0 Å². The van der Waals surface area contributed by atoms with E-state index in [4.69, 9.17) is 14.6 Å². The van der Waals surface area contributed by atoms with Gasteiger partial charge in [-0.1, -0.05) is 0 Å². The summed E-state index contributed by atoms with van der Waals surface area (Å²) < 4.78 is 10.5. The fraction of sp³-hybridized carbons (Fsp3) is 0.154. The second-order valence-electron chi connectivity index (χ2n) is 3.66. The molecule has 1 N–H and O–H groups in total. The molecule has 0 saturated heterocycles. The van der Waals surface area contributed by atoms with Crippen LogP contribution < -0.4 is 9.47 Å². The van der Waals surface area contributed by atoms with E-state index in [1.54, 1.807) is 31.4 Å². The van der Waals surface area contributed by atoms with Crippen molar-refractivity contribution in [1.29, 1.82) is 0 Å². The normalized spacial score (nSPS) is 9.95. The predicted octanol–water partition coefficient (Wildman–Crippen LogP) is 1.76. The molecule has 6 nitrogen and oxygen atoms in total. The lowest BCUT2D eigenvalue weighted by Gasteiger charge is -2.06. The highest BCUT2D eigenvalue weighted by molar-refractivity contribution is 5.85. The Bertz CT molecular complexity index is 569. The SMILES string of the molecule is COc1ccc(OCc2cc(C(=O)O)ncn2)cc1. The predicted molar refractivity (Wildman–Crippen MR) is 66.3 cm³/mol. The van der Waals surface area contributed by atoms with E-state index in [2.05, 4.69) is 9.97 Å². The van der Waals surface area contributed by atoms with Gasteiger partial charge in [-0.25, -0.2) is 14.8 Å². The third-order valence-electron chi connectivity index (χ3n) is 2.39. The first-order chi connectivity index (χ1) is 9.19. The number of rotatable bonds is 5. The van der Waals surface area contributed by atoms with Gasteiger partial charge < -0.3 is 14.6 Å². The van der Waals surface area contributed by atoms with E-state index in [9.17, 15) is 4.79 Å². The maximum Gasteiger partial charge on any atom is 0.354 e. The molecule has 0 amide bonds. The molecular formula is C13H12N2O4. The van der Waals surface area contributed by atoms with E-state index < -0.39 is 5.97 Å². The van der Waals surface area contributed by atoms with Gasteiger partial charge in [0.1, 0.15) is 24.4 Å². The average Bonchev–Trinajstić information content (AvgIpc) is 2.46. The van der Waals surface area contributed by atoms with Crippen molar-refractivity contribution < 1.29 is 19.4 Å². The maximum atomic E-state index is 10.8. The van der Waals surface area contributed by atoms with Crippen molar-refractivity contribution in [2.45, 2.75) is 6.61 Å². The molecule has 1 aromatic heterocycles. The van der Waals surface area contributed by atoms with Crippen LogP contribution in [-0.4, -0.2) is 28.2 Å². The van der Waals surface area contributed by atoms with Crippen molar-refractivity contribution in [1.82, 2.24) is 9.97 Å². The van der Waals surface area contributed by atoms with Gasteiger partial charge in [-0.3, -0.25) is 0 Å². The maximum absolute atomic E-state index is 10.8. The molecule has 0 bridgehead atoms. The molecule has 19 heavy (non-hydrogen) atoms. The van der Waals surface area contributed by atoms with Crippen molar-refractivity contribution in [3.8, 4) is 11.5 Å².